The van der Waals surface area contributed by atoms with Gasteiger partial charge in [0.1, 0.15) is 6.10 Å². The molecule has 0 saturated carbocycles. The van der Waals surface area contributed by atoms with Gasteiger partial charge in [0.05, 0.1) is 0 Å². The summed E-state index contributed by atoms with van der Waals surface area (Å²) in [6, 6.07) is 7.06. The van der Waals surface area contributed by atoms with E-state index in [1.807, 2.05) is 0 Å². The predicted molar refractivity (Wildman–Crippen MR) is 74.0 cm³/mol. The number of benzene rings is 1. The second-order valence-electron chi connectivity index (χ2n) is 4.38. The second kappa shape index (κ2) is 7.53. The molecule has 0 bridgehead atoms. The van der Waals surface area contributed by atoms with Gasteiger partial charge in [0, 0.05) is 6.54 Å². The van der Waals surface area contributed by atoms with Gasteiger partial charge >= 0.3 is 5.97 Å². The van der Waals surface area contributed by atoms with Crippen molar-refractivity contribution in [3.05, 3.63) is 42.0 Å². The molecule has 0 saturated heterocycles. The predicted octanol–water partition coefficient (Wildman–Crippen LogP) is -0.887. The lowest BCUT2D eigenvalue weighted by molar-refractivity contribution is -0.161. The van der Waals surface area contributed by atoms with Crippen LogP contribution in [0.1, 0.15) is 11.1 Å². The average Bonchev–Trinajstić information content (AvgIpc) is 2.50. The van der Waals surface area contributed by atoms with E-state index in [0.717, 1.165) is 11.1 Å². The number of carboxylic acids is 1. The van der Waals surface area contributed by atoms with Crippen molar-refractivity contribution in [3.63, 3.8) is 0 Å². The van der Waals surface area contributed by atoms with Crippen LogP contribution in [-0.4, -0.2) is 50.6 Å². The second-order valence-corrected chi connectivity index (χ2v) is 4.38. The first-order valence-electron chi connectivity index (χ1n) is 6.13. The van der Waals surface area contributed by atoms with E-state index in [-0.39, 0.29) is 6.54 Å². The zero-order valence-corrected chi connectivity index (χ0v) is 11.1. The van der Waals surface area contributed by atoms with Crippen LogP contribution in [0.4, 0.5) is 0 Å². The SMILES string of the molecule is C=Cc1ccc(CNC(=O)[C@H](O)[C@@H](O)[C@H](O)C(=O)O)cc1. The summed E-state index contributed by atoms with van der Waals surface area (Å²) >= 11 is 0. The maximum atomic E-state index is 11.6. The van der Waals surface area contributed by atoms with Crippen molar-refractivity contribution >= 4 is 18.0 Å². The molecular weight excluding hydrogens is 278 g/mol. The molecule has 1 aromatic carbocycles. The molecule has 0 aliphatic carbocycles. The zero-order chi connectivity index (χ0) is 16.0. The number of amides is 1. The normalized spacial score (nSPS) is 14.8. The summed E-state index contributed by atoms with van der Waals surface area (Å²) in [4.78, 5) is 22.0. The van der Waals surface area contributed by atoms with Crippen molar-refractivity contribution in [2.75, 3.05) is 0 Å². The van der Waals surface area contributed by atoms with Gasteiger partial charge in [-0.2, -0.15) is 0 Å². The number of nitrogens with one attached hydrogen (secondary N) is 1. The molecule has 21 heavy (non-hydrogen) atoms. The third-order valence-electron chi connectivity index (χ3n) is 2.85. The molecule has 0 radical (unpaired) electrons. The zero-order valence-electron chi connectivity index (χ0n) is 11.1. The number of hydrogen-bond donors (Lipinski definition) is 5. The van der Waals surface area contributed by atoms with Crippen molar-refractivity contribution in [2.24, 2.45) is 0 Å². The van der Waals surface area contributed by atoms with Gasteiger partial charge in [-0.05, 0) is 11.1 Å². The topological polar surface area (TPSA) is 127 Å². The first-order chi connectivity index (χ1) is 9.86. The van der Waals surface area contributed by atoms with Gasteiger partial charge in [0.15, 0.2) is 12.2 Å². The van der Waals surface area contributed by atoms with Gasteiger partial charge in [0.2, 0.25) is 0 Å². The van der Waals surface area contributed by atoms with Crippen LogP contribution >= 0.6 is 0 Å². The number of aliphatic hydroxyl groups is 3. The van der Waals surface area contributed by atoms with Crippen molar-refractivity contribution in [1.82, 2.24) is 5.32 Å². The highest BCUT2D eigenvalue weighted by atomic mass is 16.4. The highest BCUT2D eigenvalue weighted by Crippen LogP contribution is 2.06. The third-order valence-corrected chi connectivity index (χ3v) is 2.85. The minimum Gasteiger partial charge on any atom is -0.479 e. The van der Waals surface area contributed by atoms with Gasteiger partial charge in [-0.25, -0.2) is 4.79 Å². The van der Waals surface area contributed by atoms with Crippen LogP contribution in [0.3, 0.4) is 0 Å². The van der Waals surface area contributed by atoms with Gasteiger partial charge in [-0.15, -0.1) is 0 Å². The Morgan fingerprint density at radius 1 is 1.14 bits per heavy atom. The molecule has 0 aliphatic rings. The van der Waals surface area contributed by atoms with E-state index in [2.05, 4.69) is 11.9 Å². The molecule has 0 unspecified atom stereocenters. The van der Waals surface area contributed by atoms with Gasteiger partial charge in [0.25, 0.3) is 5.91 Å². The number of carboxylic acid groups (broad SMARTS) is 1. The van der Waals surface area contributed by atoms with Crippen molar-refractivity contribution in [1.29, 1.82) is 0 Å². The molecule has 7 heteroatoms. The first-order valence-corrected chi connectivity index (χ1v) is 6.13. The monoisotopic (exact) mass is 295 g/mol. The van der Waals surface area contributed by atoms with Crippen LogP contribution in [0.25, 0.3) is 6.08 Å². The van der Waals surface area contributed by atoms with Gasteiger partial charge in [-0.3, -0.25) is 4.79 Å². The molecule has 1 rings (SSSR count). The molecular formula is C14H17NO6. The Morgan fingerprint density at radius 2 is 1.71 bits per heavy atom. The number of aliphatic carboxylic acids is 1. The van der Waals surface area contributed by atoms with Crippen LogP contribution < -0.4 is 5.32 Å². The summed E-state index contributed by atoms with van der Waals surface area (Å²) in [5.74, 6) is -2.70. The Bertz CT molecular complexity index is 513. The van der Waals surface area contributed by atoms with Crippen molar-refractivity contribution < 1.29 is 30.0 Å². The van der Waals surface area contributed by atoms with E-state index in [9.17, 15) is 19.8 Å². The van der Waals surface area contributed by atoms with E-state index >= 15 is 0 Å². The Kier molecular flexibility index (Phi) is 6.04. The molecule has 0 spiro atoms. The van der Waals surface area contributed by atoms with Crippen molar-refractivity contribution in [2.45, 2.75) is 24.9 Å². The Morgan fingerprint density at radius 3 is 2.19 bits per heavy atom. The highest BCUT2D eigenvalue weighted by Gasteiger charge is 2.34. The molecule has 7 nitrogen and oxygen atoms in total. The summed E-state index contributed by atoms with van der Waals surface area (Å²) < 4.78 is 0. The maximum absolute atomic E-state index is 11.6. The average molecular weight is 295 g/mol. The number of carbonyl (C=O) groups excluding carboxylic acids is 1. The molecule has 0 aromatic heterocycles. The summed E-state index contributed by atoms with van der Waals surface area (Å²) in [5.41, 5.74) is 1.65. The number of carbonyl (C=O) groups is 2. The summed E-state index contributed by atoms with van der Waals surface area (Å²) in [6.45, 7) is 3.69. The van der Waals surface area contributed by atoms with E-state index in [4.69, 9.17) is 10.2 Å². The Balaban J connectivity index is 2.55. The lowest BCUT2D eigenvalue weighted by atomic mass is 10.1. The van der Waals surface area contributed by atoms with E-state index < -0.39 is 30.2 Å². The van der Waals surface area contributed by atoms with E-state index in [0.29, 0.717) is 0 Å². The number of hydrogen-bond acceptors (Lipinski definition) is 5. The molecule has 1 aromatic rings. The van der Waals surface area contributed by atoms with Crippen LogP contribution in [0.5, 0.6) is 0 Å². The largest absolute Gasteiger partial charge is 0.479 e. The lowest BCUT2D eigenvalue weighted by Crippen LogP contribution is -2.49. The van der Waals surface area contributed by atoms with Crippen LogP contribution in [0, 0.1) is 0 Å². The van der Waals surface area contributed by atoms with Crippen LogP contribution in [0.2, 0.25) is 0 Å². The smallest absolute Gasteiger partial charge is 0.335 e. The molecule has 114 valence electrons. The van der Waals surface area contributed by atoms with Gasteiger partial charge < -0.3 is 25.7 Å². The Hall–Kier alpha value is -2.22. The first kappa shape index (κ1) is 16.8. The highest BCUT2D eigenvalue weighted by molar-refractivity contribution is 5.83. The quantitative estimate of drug-likeness (QED) is 0.444. The number of rotatable bonds is 7. The lowest BCUT2D eigenvalue weighted by Gasteiger charge is -2.19. The fraction of sp³-hybridized carbons (Fsp3) is 0.286. The fourth-order valence-corrected chi connectivity index (χ4v) is 1.54. The van der Waals surface area contributed by atoms with Crippen molar-refractivity contribution in [3.8, 4) is 0 Å². The van der Waals surface area contributed by atoms with E-state index in [1.54, 1.807) is 30.3 Å². The minimum absolute atomic E-state index is 0.0865. The minimum atomic E-state index is -2.24. The van der Waals surface area contributed by atoms with Gasteiger partial charge in [-0.1, -0.05) is 36.9 Å². The standard InChI is InChI=1S/C14H17NO6/c1-2-8-3-5-9(6-4-8)7-15-13(19)11(17)10(16)12(18)14(20)21/h2-6,10-12,16-18H,1,7H2,(H,15,19)(H,20,21)/t10-,11-,12+/m1/s1. The molecule has 5 N–H and O–H groups in total. The number of aliphatic hydroxyl groups excluding tert-OH is 3. The fourth-order valence-electron chi connectivity index (χ4n) is 1.54. The van der Waals surface area contributed by atoms with Crippen LogP contribution in [-0.2, 0) is 16.1 Å². The molecule has 3 atom stereocenters. The maximum Gasteiger partial charge on any atom is 0.335 e. The molecule has 0 fully saturated rings. The summed E-state index contributed by atoms with van der Waals surface area (Å²) in [5, 5.41) is 38.7. The van der Waals surface area contributed by atoms with E-state index in [1.165, 1.54) is 0 Å². The van der Waals surface area contributed by atoms with Crippen LogP contribution in [0.15, 0.2) is 30.8 Å². The molecule has 0 heterocycles. The summed E-state index contributed by atoms with van der Waals surface area (Å²) in [7, 11) is 0. The third kappa shape index (κ3) is 4.67. The summed E-state index contributed by atoms with van der Waals surface area (Å²) in [6.07, 6.45) is -4.72. The Labute approximate surface area is 121 Å². The molecule has 0 aliphatic heterocycles. The molecule has 1 amide bonds.